The summed E-state index contributed by atoms with van der Waals surface area (Å²) in [6.07, 6.45) is 1.08. The Morgan fingerprint density at radius 3 is 2.66 bits per heavy atom. The van der Waals surface area contributed by atoms with Gasteiger partial charge in [0.1, 0.15) is 29.9 Å². The van der Waals surface area contributed by atoms with Gasteiger partial charge >= 0.3 is 0 Å². The zero-order valence-electron chi connectivity index (χ0n) is 22.6. The van der Waals surface area contributed by atoms with Gasteiger partial charge in [0.2, 0.25) is 5.91 Å². The standard InChI is InChI=1S/C30H30ClF2N5O3/c1-3-25(39)36-9-10-37(17(2)14-36)27-21-12-23(31)26(20-6-5-18(32)11-24(20)33)29-28(21)38(30(40)22(27)13-34)19(16-41-29)15-35-7-4-8-35/h3,5-6,11-12,17,19,30,40H,1,4,7-10,14-16H2,2H3/t17-,19?,30?/m0/s1. The van der Waals surface area contributed by atoms with E-state index in [1.807, 2.05) is 11.8 Å². The molecule has 41 heavy (non-hydrogen) atoms. The van der Waals surface area contributed by atoms with Crippen molar-refractivity contribution in [3.05, 3.63) is 64.7 Å². The number of aliphatic hydroxyl groups excluding tert-OH is 1. The van der Waals surface area contributed by atoms with Gasteiger partial charge in [-0.3, -0.25) is 4.79 Å². The van der Waals surface area contributed by atoms with Crippen molar-refractivity contribution in [3.8, 4) is 22.9 Å². The average molecular weight is 582 g/mol. The number of ether oxygens (including phenoxy) is 1. The fourth-order valence-electron chi connectivity index (χ4n) is 6.35. The second kappa shape index (κ2) is 10.6. The zero-order valence-corrected chi connectivity index (χ0v) is 23.4. The molecule has 2 aromatic carbocycles. The Morgan fingerprint density at radius 2 is 2.02 bits per heavy atom. The van der Waals surface area contributed by atoms with Crippen LogP contribution in [0, 0.1) is 23.0 Å². The van der Waals surface area contributed by atoms with Gasteiger partial charge in [-0.2, -0.15) is 5.26 Å². The smallest absolute Gasteiger partial charge is 0.246 e. The van der Waals surface area contributed by atoms with E-state index in [1.165, 1.54) is 12.1 Å². The Labute approximate surface area is 242 Å². The Balaban J connectivity index is 1.53. The molecule has 6 rings (SSSR count). The summed E-state index contributed by atoms with van der Waals surface area (Å²) in [5.41, 5.74) is 2.12. The third-order valence-electron chi connectivity index (χ3n) is 8.45. The first-order valence-corrected chi connectivity index (χ1v) is 14.1. The van der Waals surface area contributed by atoms with Crippen LogP contribution < -0.4 is 9.64 Å². The molecule has 1 N–H and O–H groups in total. The maximum absolute atomic E-state index is 15.1. The molecule has 4 aliphatic rings. The summed E-state index contributed by atoms with van der Waals surface area (Å²) in [6, 6.07) is 6.72. The van der Waals surface area contributed by atoms with E-state index >= 15 is 4.39 Å². The lowest BCUT2D eigenvalue weighted by Gasteiger charge is -2.50. The van der Waals surface area contributed by atoms with Crippen molar-refractivity contribution in [2.75, 3.05) is 50.8 Å². The van der Waals surface area contributed by atoms with Crippen LogP contribution in [-0.2, 0) is 4.79 Å². The predicted molar refractivity (Wildman–Crippen MR) is 151 cm³/mol. The average Bonchev–Trinajstić information content (AvgIpc) is 2.93. The summed E-state index contributed by atoms with van der Waals surface area (Å²) in [4.78, 5) is 20.1. The lowest BCUT2D eigenvalue weighted by Crippen LogP contribution is -2.59. The topological polar surface area (TPSA) is 83.3 Å². The minimum Gasteiger partial charge on any atom is -0.488 e. The Morgan fingerprint density at radius 1 is 1.24 bits per heavy atom. The molecule has 4 heterocycles. The summed E-state index contributed by atoms with van der Waals surface area (Å²) in [5.74, 6) is -1.40. The number of anilines is 1. The van der Waals surface area contributed by atoms with Crippen LogP contribution in [0.4, 0.5) is 14.5 Å². The lowest BCUT2D eigenvalue weighted by atomic mass is 9.89. The number of halogens is 3. The Kier molecular flexibility index (Phi) is 7.14. The molecular formula is C30H30ClF2N5O3. The Hall–Kier alpha value is -3.65. The first kappa shape index (κ1) is 27.5. The second-order valence-corrected chi connectivity index (χ2v) is 11.3. The molecule has 11 heteroatoms. The van der Waals surface area contributed by atoms with Crippen molar-refractivity contribution in [3.63, 3.8) is 0 Å². The number of nitrogens with zero attached hydrogens (tertiary/aromatic N) is 5. The van der Waals surface area contributed by atoms with E-state index < -0.39 is 17.9 Å². The lowest BCUT2D eigenvalue weighted by molar-refractivity contribution is -0.128. The molecule has 214 valence electrons. The van der Waals surface area contributed by atoms with Crippen molar-refractivity contribution >= 4 is 28.9 Å². The molecule has 4 aliphatic heterocycles. The van der Waals surface area contributed by atoms with Gasteiger partial charge in [-0.05, 0) is 50.7 Å². The second-order valence-electron chi connectivity index (χ2n) is 10.9. The van der Waals surface area contributed by atoms with E-state index in [0.29, 0.717) is 43.1 Å². The molecule has 2 aromatic rings. The molecule has 0 aromatic heterocycles. The zero-order chi connectivity index (χ0) is 29.0. The maximum Gasteiger partial charge on any atom is 0.246 e. The van der Waals surface area contributed by atoms with Gasteiger partial charge < -0.3 is 29.4 Å². The van der Waals surface area contributed by atoms with Crippen LogP contribution in [0.5, 0.6) is 5.75 Å². The molecule has 0 radical (unpaired) electrons. The van der Waals surface area contributed by atoms with Crippen molar-refractivity contribution in [1.82, 2.24) is 14.7 Å². The van der Waals surface area contributed by atoms with Gasteiger partial charge in [-0.1, -0.05) is 18.2 Å². The molecule has 0 spiro atoms. The van der Waals surface area contributed by atoms with Gasteiger partial charge in [-0.15, -0.1) is 0 Å². The third kappa shape index (κ3) is 4.53. The van der Waals surface area contributed by atoms with Crippen LogP contribution in [0.25, 0.3) is 16.8 Å². The maximum atomic E-state index is 15.1. The highest BCUT2D eigenvalue weighted by molar-refractivity contribution is 6.34. The van der Waals surface area contributed by atoms with Gasteiger partial charge in [0.25, 0.3) is 0 Å². The van der Waals surface area contributed by atoms with Crippen molar-refractivity contribution in [2.24, 2.45) is 0 Å². The van der Waals surface area contributed by atoms with E-state index in [-0.39, 0.29) is 52.1 Å². The highest BCUT2D eigenvalue weighted by Crippen LogP contribution is 2.54. The molecule has 2 saturated heterocycles. The molecule has 8 nitrogen and oxygen atoms in total. The number of aliphatic hydroxyl groups is 1. The summed E-state index contributed by atoms with van der Waals surface area (Å²) < 4.78 is 35.2. The normalized spacial score (nSPS) is 23.9. The first-order valence-electron chi connectivity index (χ1n) is 13.7. The SMILES string of the molecule is C=CC(=O)N1CCN(C2=C(C#N)C(O)N3c4c2cc(Cl)c(-c2ccc(F)cc2F)c4OCC3CN2CCC2)[C@@H](C)C1. The van der Waals surface area contributed by atoms with Crippen LogP contribution in [0.3, 0.4) is 0 Å². The van der Waals surface area contributed by atoms with E-state index in [2.05, 4.69) is 17.5 Å². The van der Waals surface area contributed by atoms with Gasteiger partial charge in [0, 0.05) is 55.0 Å². The van der Waals surface area contributed by atoms with E-state index in [1.54, 1.807) is 15.9 Å². The minimum atomic E-state index is -1.29. The molecule has 1 amide bonds. The van der Waals surface area contributed by atoms with Crippen molar-refractivity contribution < 1.29 is 23.4 Å². The van der Waals surface area contributed by atoms with Crippen molar-refractivity contribution in [2.45, 2.75) is 31.7 Å². The molecule has 3 atom stereocenters. The van der Waals surface area contributed by atoms with Crippen LogP contribution in [0.1, 0.15) is 18.9 Å². The molecule has 0 saturated carbocycles. The number of piperazine rings is 1. The monoisotopic (exact) mass is 581 g/mol. The number of benzene rings is 2. The van der Waals surface area contributed by atoms with Crippen LogP contribution >= 0.6 is 11.6 Å². The number of rotatable bonds is 5. The summed E-state index contributed by atoms with van der Waals surface area (Å²) >= 11 is 6.85. The summed E-state index contributed by atoms with van der Waals surface area (Å²) in [7, 11) is 0. The number of carbonyl (C=O) groups excluding carboxylic acids is 1. The van der Waals surface area contributed by atoms with Crippen LogP contribution in [0.2, 0.25) is 5.02 Å². The highest BCUT2D eigenvalue weighted by atomic mass is 35.5. The fraction of sp³-hybridized carbons (Fsp3) is 0.400. The summed E-state index contributed by atoms with van der Waals surface area (Å²) in [6.45, 7) is 9.41. The Bertz CT molecular complexity index is 1500. The quantitative estimate of drug-likeness (QED) is 0.537. The largest absolute Gasteiger partial charge is 0.488 e. The highest BCUT2D eigenvalue weighted by Gasteiger charge is 2.46. The van der Waals surface area contributed by atoms with Gasteiger partial charge in [-0.25, -0.2) is 8.78 Å². The molecule has 0 aliphatic carbocycles. The minimum absolute atomic E-state index is 0.0753. The molecular weight excluding hydrogens is 552 g/mol. The molecule has 2 fully saturated rings. The number of amides is 1. The van der Waals surface area contributed by atoms with Gasteiger partial charge in [0.05, 0.1) is 22.4 Å². The van der Waals surface area contributed by atoms with Gasteiger partial charge in [0.15, 0.2) is 12.0 Å². The fourth-order valence-corrected chi connectivity index (χ4v) is 6.65. The van der Waals surface area contributed by atoms with E-state index in [4.69, 9.17) is 16.3 Å². The van der Waals surface area contributed by atoms with Crippen LogP contribution in [0.15, 0.2) is 42.5 Å². The number of hydrogen-bond donors (Lipinski definition) is 1. The first-order chi connectivity index (χ1) is 19.7. The number of hydrogen-bond acceptors (Lipinski definition) is 7. The van der Waals surface area contributed by atoms with Crippen LogP contribution in [-0.4, -0.2) is 89.9 Å². The molecule has 0 bridgehead atoms. The third-order valence-corrected chi connectivity index (χ3v) is 8.75. The number of carbonyl (C=O) groups is 1. The van der Waals surface area contributed by atoms with E-state index in [9.17, 15) is 19.6 Å². The number of likely N-dealkylation sites (tertiary alicyclic amines) is 1. The van der Waals surface area contributed by atoms with Crippen molar-refractivity contribution in [1.29, 1.82) is 5.26 Å². The number of nitriles is 1. The predicted octanol–water partition coefficient (Wildman–Crippen LogP) is 3.84. The molecule has 2 unspecified atom stereocenters. The van der Waals surface area contributed by atoms with E-state index in [0.717, 1.165) is 31.6 Å². The summed E-state index contributed by atoms with van der Waals surface area (Å²) in [5, 5.41) is 22.4.